The van der Waals surface area contributed by atoms with Crippen molar-refractivity contribution in [2.45, 2.75) is 4.90 Å². The van der Waals surface area contributed by atoms with Crippen LogP contribution in [0.2, 0.25) is 0 Å². The molecule has 0 saturated heterocycles. The van der Waals surface area contributed by atoms with Gasteiger partial charge in [-0.2, -0.15) is 5.26 Å². The fourth-order valence-electron chi connectivity index (χ4n) is 0.872. The summed E-state index contributed by atoms with van der Waals surface area (Å²) in [5.41, 5.74) is 0.638. The molecule has 0 saturated carbocycles. The minimum atomic E-state index is 0.638. The highest BCUT2D eigenvalue weighted by atomic mass is 32.2. The second kappa shape index (κ2) is 4.03. The Morgan fingerprint density at radius 2 is 2.17 bits per heavy atom. The zero-order valence-electron chi connectivity index (χ0n) is 7.00. The number of hydrogen-bond acceptors (Lipinski definition) is 3. The maximum atomic E-state index is 8.66. The molecule has 0 amide bonds. The van der Waals surface area contributed by atoms with Crippen molar-refractivity contribution in [3.05, 3.63) is 23.8 Å². The molecule has 1 aromatic carbocycles. The van der Waals surface area contributed by atoms with Crippen molar-refractivity contribution < 1.29 is 4.74 Å². The van der Waals surface area contributed by atoms with E-state index in [0.717, 1.165) is 10.6 Å². The Morgan fingerprint density at radius 1 is 1.42 bits per heavy atom. The van der Waals surface area contributed by atoms with E-state index >= 15 is 0 Å². The lowest BCUT2D eigenvalue weighted by Crippen LogP contribution is -1.84. The van der Waals surface area contributed by atoms with Gasteiger partial charge in [0.15, 0.2) is 0 Å². The van der Waals surface area contributed by atoms with Gasteiger partial charge in [0, 0.05) is 4.90 Å². The molecule has 0 unspecified atom stereocenters. The molecule has 0 N–H and O–H groups in total. The van der Waals surface area contributed by atoms with E-state index in [0.29, 0.717) is 5.56 Å². The summed E-state index contributed by atoms with van der Waals surface area (Å²) in [5.74, 6) is 0.735. The molecule has 0 spiro atoms. The molecular weight excluding hydrogens is 170 g/mol. The summed E-state index contributed by atoms with van der Waals surface area (Å²) in [6, 6.07) is 7.55. The first-order valence-electron chi connectivity index (χ1n) is 3.43. The first-order chi connectivity index (χ1) is 5.80. The van der Waals surface area contributed by atoms with Crippen LogP contribution < -0.4 is 4.74 Å². The number of rotatable bonds is 2. The summed E-state index contributed by atoms with van der Waals surface area (Å²) in [5, 5.41) is 8.66. The number of ether oxygens (including phenoxy) is 1. The van der Waals surface area contributed by atoms with Gasteiger partial charge < -0.3 is 4.74 Å². The molecule has 62 valence electrons. The van der Waals surface area contributed by atoms with E-state index in [4.69, 9.17) is 10.00 Å². The molecule has 0 aliphatic heterocycles. The highest BCUT2D eigenvalue weighted by molar-refractivity contribution is 7.98. The van der Waals surface area contributed by atoms with Gasteiger partial charge in [0.1, 0.15) is 5.75 Å². The Kier molecular flexibility index (Phi) is 3.01. The SMILES string of the molecule is COc1cc(C#N)cc(SC)c1. The van der Waals surface area contributed by atoms with Gasteiger partial charge in [-0.1, -0.05) is 0 Å². The summed E-state index contributed by atoms with van der Waals surface area (Å²) in [6.07, 6.45) is 1.97. The normalized spacial score (nSPS) is 9.08. The number of nitrogens with zero attached hydrogens (tertiary/aromatic N) is 1. The number of hydrogen-bond donors (Lipinski definition) is 0. The molecule has 0 aromatic heterocycles. The maximum absolute atomic E-state index is 8.66. The molecule has 0 heterocycles. The third-order valence-electron chi connectivity index (χ3n) is 1.48. The van der Waals surface area contributed by atoms with Gasteiger partial charge in [0.25, 0.3) is 0 Å². The second-order valence-corrected chi connectivity index (χ2v) is 3.09. The van der Waals surface area contributed by atoms with Crippen LogP contribution >= 0.6 is 11.8 Å². The van der Waals surface area contributed by atoms with Crippen LogP contribution in [0, 0.1) is 11.3 Å². The van der Waals surface area contributed by atoms with Crippen LogP contribution in [0.15, 0.2) is 23.1 Å². The lowest BCUT2D eigenvalue weighted by Gasteiger charge is -2.02. The van der Waals surface area contributed by atoms with E-state index in [1.54, 1.807) is 24.9 Å². The Balaban J connectivity index is 3.12. The summed E-state index contributed by atoms with van der Waals surface area (Å²) in [7, 11) is 1.60. The number of thioether (sulfide) groups is 1. The van der Waals surface area contributed by atoms with Crippen LogP contribution in [0.25, 0.3) is 0 Å². The summed E-state index contributed by atoms with van der Waals surface area (Å²) < 4.78 is 5.03. The van der Waals surface area contributed by atoms with Crippen LogP contribution in [-0.4, -0.2) is 13.4 Å². The zero-order valence-corrected chi connectivity index (χ0v) is 7.81. The third-order valence-corrected chi connectivity index (χ3v) is 2.19. The lowest BCUT2D eigenvalue weighted by atomic mass is 10.2. The third kappa shape index (κ3) is 1.93. The number of benzene rings is 1. The van der Waals surface area contributed by atoms with Crippen molar-refractivity contribution in [1.82, 2.24) is 0 Å². The predicted molar refractivity (Wildman–Crippen MR) is 49.5 cm³/mol. The van der Waals surface area contributed by atoms with Crippen molar-refractivity contribution in [3.63, 3.8) is 0 Å². The molecule has 3 heteroatoms. The van der Waals surface area contributed by atoms with Crippen molar-refractivity contribution in [3.8, 4) is 11.8 Å². The lowest BCUT2D eigenvalue weighted by molar-refractivity contribution is 0.413. The van der Waals surface area contributed by atoms with E-state index < -0.39 is 0 Å². The molecule has 2 nitrogen and oxygen atoms in total. The van der Waals surface area contributed by atoms with Gasteiger partial charge in [-0.25, -0.2) is 0 Å². The highest BCUT2D eigenvalue weighted by Crippen LogP contribution is 2.22. The van der Waals surface area contributed by atoms with Crippen molar-refractivity contribution in [2.24, 2.45) is 0 Å². The summed E-state index contributed by atoms with van der Waals surface area (Å²) in [6.45, 7) is 0. The Labute approximate surface area is 76.2 Å². The van der Waals surface area contributed by atoms with Crippen LogP contribution in [-0.2, 0) is 0 Å². The molecule has 1 rings (SSSR count). The first-order valence-corrected chi connectivity index (χ1v) is 4.66. The quantitative estimate of drug-likeness (QED) is 0.653. The average Bonchev–Trinajstić information content (AvgIpc) is 2.16. The number of methoxy groups -OCH3 is 1. The topological polar surface area (TPSA) is 33.0 Å². The molecular formula is C9H9NOS. The minimum absolute atomic E-state index is 0.638. The standard InChI is InChI=1S/C9H9NOS/c1-11-8-3-7(6-10)4-9(5-8)12-2/h3-5H,1-2H3. The van der Waals surface area contributed by atoms with Crippen LogP contribution in [0.3, 0.4) is 0 Å². The Hall–Kier alpha value is -1.14. The Bertz CT molecular complexity index is 295. The molecule has 0 bridgehead atoms. The molecule has 0 atom stereocenters. The van der Waals surface area contributed by atoms with Gasteiger partial charge in [-0.15, -0.1) is 11.8 Å². The average molecular weight is 179 g/mol. The van der Waals surface area contributed by atoms with E-state index in [9.17, 15) is 0 Å². The van der Waals surface area contributed by atoms with E-state index in [1.807, 2.05) is 18.4 Å². The van der Waals surface area contributed by atoms with Gasteiger partial charge in [-0.3, -0.25) is 0 Å². The number of nitriles is 1. The zero-order chi connectivity index (χ0) is 8.97. The Morgan fingerprint density at radius 3 is 2.67 bits per heavy atom. The molecule has 12 heavy (non-hydrogen) atoms. The van der Waals surface area contributed by atoms with Gasteiger partial charge >= 0.3 is 0 Å². The van der Waals surface area contributed by atoms with Crippen molar-refractivity contribution in [2.75, 3.05) is 13.4 Å². The van der Waals surface area contributed by atoms with Gasteiger partial charge in [0.05, 0.1) is 18.7 Å². The van der Waals surface area contributed by atoms with Crippen LogP contribution in [0.4, 0.5) is 0 Å². The smallest absolute Gasteiger partial charge is 0.121 e. The fourth-order valence-corrected chi connectivity index (χ4v) is 1.35. The van der Waals surface area contributed by atoms with Crippen LogP contribution in [0.1, 0.15) is 5.56 Å². The van der Waals surface area contributed by atoms with Gasteiger partial charge in [0.2, 0.25) is 0 Å². The molecule has 0 aliphatic carbocycles. The van der Waals surface area contributed by atoms with Crippen LogP contribution in [0.5, 0.6) is 5.75 Å². The summed E-state index contributed by atoms with van der Waals surface area (Å²) in [4.78, 5) is 1.05. The highest BCUT2D eigenvalue weighted by Gasteiger charge is 1.98. The second-order valence-electron chi connectivity index (χ2n) is 2.21. The van der Waals surface area contributed by atoms with E-state index in [2.05, 4.69) is 6.07 Å². The van der Waals surface area contributed by atoms with Crippen molar-refractivity contribution >= 4 is 11.8 Å². The fraction of sp³-hybridized carbons (Fsp3) is 0.222. The van der Waals surface area contributed by atoms with Gasteiger partial charge in [-0.05, 0) is 24.5 Å². The molecule has 0 radical (unpaired) electrons. The molecule has 0 aliphatic rings. The molecule has 0 fully saturated rings. The monoisotopic (exact) mass is 179 g/mol. The van der Waals surface area contributed by atoms with E-state index in [1.165, 1.54) is 0 Å². The summed E-state index contributed by atoms with van der Waals surface area (Å²) >= 11 is 1.60. The largest absolute Gasteiger partial charge is 0.497 e. The predicted octanol–water partition coefficient (Wildman–Crippen LogP) is 2.29. The first kappa shape index (κ1) is 8.95. The minimum Gasteiger partial charge on any atom is -0.497 e. The molecule has 1 aromatic rings. The maximum Gasteiger partial charge on any atom is 0.121 e. The van der Waals surface area contributed by atoms with E-state index in [-0.39, 0.29) is 0 Å². The van der Waals surface area contributed by atoms with Crippen molar-refractivity contribution in [1.29, 1.82) is 5.26 Å².